The number of hydrazine groups is 1. The summed E-state index contributed by atoms with van der Waals surface area (Å²) in [5.41, 5.74) is 2.02. The Balaban J connectivity index is 3.35. The van der Waals surface area contributed by atoms with Crippen LogP contribution in [0.2, 0.25) is 0 Å². The Morgan fingerprint density at radius 1 is 1.73 bits per heavy atom. The average molecular weight is 177 g/mol. The number of nitrogens with one attached hydrogen (secondary N) is 2. The molecule has 0 aromatic carbocycles. The van der Waals surface area contributed by atoms with Crippen LogP contribution in [-0.2, 0) is 0 Å². The molecule has 2 amide bonds. The summed E-state index contributed by atoms with van der Waals surface area (Å²) >= 11 is 1.76. The molecule has 4 nitrogen and oxygen atoms in total. The van der Waals surface area contributed by atoms with Gasteiger partial charge >= 0.3 is 6.03 Å². The predicted octanol–water partition coefficient (Wildman–Crippen LogP) is 0.301. The molecule has 0 spiro atoms. The van der Waals surface area contributed by atoms with Gasteiger partial charge in [-0.3, -0.25) is 5.43 Å². The van der Waals surface area contributed by atoms with Crippen LogP contribution in [0.4, 0.5) is 4.79 Å². The lowest BCUT2D eigenvalue weighted by Crippen LogP contribution is -2.44. The standard InChI is InChI=1S/C6H15N3OS/c1-5(3-4-11-2)8-6(10)9-7/h5H,3-4,7H2,1-2H3,(H2,8,9,10). The van der Waals surface area contributed by atoms with Crippen molar-refractivity contribution < 1.29 is 4.79 Å². The smallest absolute Gasteiger partial charge is 0.329 e. The summed E-state index contributed by atoms with van der Waals surface area (Å²) in [6.45, 7) is 1.95. The van der Waals surface area contributed by atoms with Crippen molar-refractivity contribution >= 4 is 17.8 Å². The fourth-order valence-corrected chi connectivity index (χ4v) is 1.22. The van der Waals surface area contributed by atoms with Crippen LogP contribution >= 0.6 is 11.8 Å². The normalized spacial score (nSPS) is 12.3. The van der Waals surface area contributed by atoms with Crippen LogP contribution in [0.5, 0.6) is 0 Å². The van der Waals surface area contributed by atoms with E-state index in [-0.39, 0.29) is 12.1 Å². The summed E-state index contributed by atoms with van der Waals surface area (Å²) < 4.78 is 0. The van der Waals surface area contributed by atoms with Gasteiger partial charge in [0.25, 0.3) is 0 Å². The zero-order chi connectivity index (χ0) is 8.69. The fourth-order valence-electron chi connectivity index (χ4n) is 0.632. The minimum atomic E-state index is -0.321. The molecule has 1 unspecified atom stereocenters. The van der Waals surface area contributed by atoms with Crippen molar-refractivity contribution in [3.8, 4) is 0 Å². The summed E-state index contributed by atoms with van der Waals surface area (Å²) in [5, 5.41) is 2.68. The summed E-state index contributed by atoms with van der Waals surface area (Å²) in [4.78, 5) is 10.6. The highest BCUT2D eigenvalue weighted by molar-refractivity contribution is 7.98. The lowest BCUT2D eigenvalue weighted by molar-refractivity contribution is 0.238. The van der Waals surface area contributed by atoms with Gasteiger partial charge in [-0.25, -0.2) is 10.6 Å². The van der Waals surface area contributed by atoms with E-state index in [1.54, 1.807) is 11.8 Å². The van der Waals surface area contributed by atoms with Gasteiger partial charge in [0, 0.05) is 6.04 Å². The zero-order valence-electron chi connectivity index (χ0n) is 6.89. The van der Waals surface area contributed by atoms with E-state index in [1.807, 2.05) is 18.6 Å². The Bertz CT molecular complexity index is 120. The molecule has 0 aliphatic rings. The van der Waals surface area contributed by atoms with Gasteiger partial charge in [0.1, 0.15) is 0 Å². The van der Waals surface area contributed by atoms with Crippen molar-refractivity contribution in [3.05, 3.63) is 0 Å². The molecule has 0 saturated carbocycles. The maximum Gasteiger partial charge on any atom is 0.329 e. The third-order valence-corrected chi connectivity index (χ3v) is 1.91. The van der Waals surface area contributed by atoms with Gasteiger partial charge < -0.3 is 5.32 Å². The molecule has 0 aliphatic carbocycles. The van der Waals surface area contributed by atoms with Gasteiger partial charge in [0.15, 0.2) is 0 Å². The number of thioether (sulfide) groups is 1. The predicted molar refractivity (Wildman–Crippen MR) is 48.3 cm³/mol. The molecule has 0 rings (SSSR count). The van der Waals surface area contributed by atoms with Crippen molar-refractivity contribution in [3.63, 3.8) is 0 Å². The summed E-state index contributed by atoms with van der Waals surface area (Å²) in [5.74, 6) is 5.93. The monoisotopic (exact) mass is 177 g/mol. The Labute approximate surface area is 71.3 Å². The van der Waals surface area contributed by atoms with Crippen LogP contribution in [0.15, 0.2) is 0 Å². The Kier molecular flexibility index (Phi) is 6.06. The van der Waals surface area contributed by atoms with Crippen molar-refractivity contribution in [1.82, 2.24) is 10.7 Å². The molecule has 0 aromatic rings. The topological polar surface area (TPSA) is 67.2 Å². The van der Waals surface area contributed by atoms with Crippen LogP contribution in [0.25, 0.3) is 0 Å². The molecule has 11 heavy (non-hydrogen) atoms. The van der Waals surface area contributed by atoms with Crippen molar-refractivity contribution in [1.29, 1.82) is 0 Å². The molecule has 4 N–H and O–H groups in total. The highest BCUT2D eigenvalue weighted by Crippen LogP contribution is 1.98. The van der Waals surface area contributed by atoms with Crippen LogP contribution in [-0.4, -0.2) is 24.1 Å². The first-order valence-corrected chi connectivity index (χ1v) is 4.86. The maximum absolute atomic E-state index is 10.6. The van der Waals surface area contributed by atoms with Gasteiger partial charge in [-0.1, -0.05) is 0 Å². The van der Waals surface area contributed by atoms with Crippen LogP contribution in [0.3, 0.4) is 0 Å². The van der Waals surface area contributed by atoms with E-state index in [2.05, 4.69) is 5.32 Å². The van der Waals surface area contributed by atoms with Crippen LogP contribution < -0.4 is 16.6 Å². The quantitative estimate of drug-likeness (QED) is 0.329. The van der Waals surface area contributed by atoms with E-state index in [0.29, 0.717) is 0 Å². The molecule has 0 radical (unpaired) electrons. The Morgan fingerprint density at radius 3 is 2.82 bits per heavy atom. The number of hydrogen-bond acceptors (Lipinski definition) is 3. The molecule has 0 bridgehead atoms. The van der Waals surface area contributed by atoms with Gasteiger partial charge in [-0.05, 0) is 25.4 Å². The van der Waals surface area contributed by atoms with Crippen LogP contribution in [0, 0.1) is 0 Å². The van der Waals surface area contributed by atoms with Gasteiger partial charge in [-0.2, -0.15) is 11.8 Å². The highest BCUT2D eigenvalue weighted by atomic mass is 32.2. The molecule has 66 valence electrons. The van der Waals surface area contributed by atoms with Gasteiger partial charge in [0.05, 0.1) is 0 Å². The number of urea groups is 1. The fraction of sp³-hybridized carbons (Fsp3) is 0.833. The first kappa shape index (κ1) is 10.6. The lowest BCUT2D eigenvalue weighted by Gasteiger charge is -2.11. The Hall–Kier alpha value is -0.420. The summed E-state index contributed by atoms with van der Waals surface area (Å²) in [6.07, 6.45) is 3.00. The second kappa shape index (κ2) is 6.30. The minimum Gasteiger partial charge on any atom is -0.335 e. The lowest BCUT2D eigenvalue weighted by atomic mass is 10.3. The first-order chi connectivity index (χ1) is 5.20. The van der Waals surface area contributed by atoms with E-state index in [9.17, 15) is 4.79 Å². The van der Waals surface area contributed by atoms with E-state index >= 15 is 0 Å². The van der Waals surface area contributed by atoms with E-state index in [1.165, 1.54) is 0 Å². The van der Waals surface area contributed by atoms with Crippen molar-refractivity contribution in [2.45, 2.75) is 19.4 Å². The SMILES string of the molecule is CSCCC(C)NC(=O)NN. The molecule has 0 fully saturated rings. The first-order valence-electron chi connectivity index (χ1n) is 3.46. The van der Waals surface area contributed by atoms with Gasteiger partial charge in [0.2, 0.25) is 0 Å². The molecule has 5 heteroatoms. The number of hydrogen-bond donors (Lipinski definition) is 3. The van der Waals surface area contributed by atoms with Crippen molar-refractivity contribution in [2.24, 2.45) is 5.84 Å². The number of carbonyl (C=O) groups is 1. The highest BCUT2D eigenvalue weighted by Gasteiger charge is 2.03. The molecule has 0 aromatic heterocycles. The third-order valence-electron chi connectivity index (χ3n) is 1.26. The second-order valence-corrected chi connectivity index (χ2v) is 3.29. The minimum absolute atomic E-state index is 0.186. The van der Waals surface area contributed by atoms with E-state index < -0.39 is 0 Å². The van der Waals surface area contributed by atoms with E-state index in [0.717, 1.165) is 12.2 Å². The number of carbonyl (C=O) groups excluding carboxylic acids is 1. The number of nitrogens with two attached hydrogens (primary N) is 1. The molecule has 0 aliphatic heterocycles. The molecule has 0 saturated heterocycles. The molecule has 1 atom stereocenters. The third kappa shape index (κ3) is 6.00. The zero-order valence-corrected chi connectivity index (χ0v) is 7.70. The maximum atomic E-state index is 10.6. The van der Waals surface area contributed by atoms with Crippen molar-refractivity contribution in [2.75, 3.05) is 12.0 Å². The summed E-state index contributed by atoms with van der Waals surface area (Å²) in [6, 6.07) is -0.135. The van der Waals surface area contributed by atoms with Gasteiger partial charge in [-0.15, -0.1) is 0 Å². The largest absolute Gasteiger partial charge is 0.335 e. The second-order valence-electron chi connectivity index (χ2n) is 2.30. The molecular weight excluding hydrogens is 162 g/mol. The molecule has 0 heterocycles. The van der Waals surface area contributed by atoms with Crippen LogP contribution in [0.1, 0.15) is 13.3 Å². The molecular formula is C6H15N3OS. The van der Waals surface area contributed by atoms with E-state index in [4.69, 9.17) is 5.84 Å². The number of amides is 2. The number of rotatable bonds is 4. The average Bonchev–Trinajstić information content (AvgIpc) is 2.00. The Morgan fingerprint density at radius 2 is 2.36 bits per heavy atom. The summed E-state index contributed by atoms with van der Waals surface area (Å²) in [7, 11) is 0.